The van der Waals surface area contributed by atoms with E-state index < -0.39 is 10.0 Å². The van der Waals surface area contributed by atoms with Crippen molar-refractivity contribution in [3.8, 4) is 0 Å². The highest BCUT2D eigenvalue weighted by atomic mass is 32.2. The van der Waals surface area contributed by atoms with Crippen LogP contribution in [0.2, 0.25) is 0 Å². The second-order valence-corrected chi connectivity index (χ2v) is 7.12. The van der Waals surface area contributed by atoms with Gasteiger partial charge in [-0.1, -0.05) is 13.8 Å². The number of carbonyl (C=O) groups excluding carboxylic acids is 1. The number of rotatable bonds is 3. The fourth-order valence-electron chi connectivity index (χ4n) is 2.54. The summed E-state index contributed by atoms with van der Waals surface area (Å²) in [5.41, 5.74) is 0.387. The molecule has 1 aliphatic heterocycles. The van der Waals surface area contributed by atoms with Gasteiger partial charge in [-0.2, -0.15) is 0 Å². The molecule has 20 heavy (non-hydrogen) atoms. The second kappa shape index (κ2) is 5.21. The zero-order valence-corrected chi connectivity index (χ0v) is 12.9. The average molecular weight is 299 g/mol. The van der Waals surface area contributed by atoms with E-state index in [1.165, 1.54) is 12.3 Å². The Balaban J connectivity index is 2.33. The summed E-state index contributed by atoms with van der Waals surface area (Å²) in [5.74, 6) is 0.793. The lowest BCUT2D eigenvalue weighted by Gasteiger charge is -2.17. The van der Waals surface area contributed by atoms with Crippen LogP contribution >= 0.6 is 0 Å². The van der Waals surface area contributed by atoms with E-state index in [2.05, 4.69) is 13.8 Å². The summed E-state index contributed by atoms with van der Waals surface area (Å²) in [4.78, 5) is 14.3. The van der Waals surface area contributed by atoms with Crippen molar-refractivity contribution in [2.75, 3.05) is 13.1 Å². The standard InChI is InChI=1S/C13H21N3O3S/c1-4-15-8-11(20(14,18)19)5-12(15)13(17)16-6-9(2)10(3)7-16/h5,8-10H,4,6-7H2,1-3H3,(H2,14,18,19). The summed E-state index contributed by atoms with van der Waals surface area (Å²) >= 11 is 0. The van der Waals surface area contributed by atoms with Crippen molar-refractivity contribution in [1.29, 1.82) is 0 Å². The van der Waals surface area contributed by atoms with Gasteiger partial charge in [0.05, 0.1) is 0 Å². The smallest absolute Gasteiger partial charge is 0.270 e. The quantitative estimate of drug-likeness (QED) is 0.899. The third kappa shape index (κ3) is 2.73. The molecular formula is C13H21N3O3S. The number of carbonyl (C=O) groups is 1. The maximum atomic E-state index is 12.5. The maximum Gasteiger partial charge on any atom is 0.270 e. The molecule has 2 unspecified atom stereocenters. The monoisotopic (exact) mass is 299 g/mol. The van der Waals surface area contributed by atoms with Crippen molar-refractivity contribution in [3.05, 3.63) is 18.0 Å². The molecule has 0 spiro atoms. The number of nitrogens with two attached hydrogens (primary N) is 1. The predicted molar refractivity (Wildman–Crippen MR) is 75.7 cm³/mol. The molecule has 2 heterocycles. The Kier molecular flexibility index (Phi) is 3.93. The molecule has 1 amide bonds. The molecule has 2 atom stereocenters. The van der Waals surface area contributed by atoms with Crippen LogP contribution in [0.25, 0.3) is 0 Å². The van der Waals surface area contributed by atoms with Crippen LogP contribution in [0.4, 0.5) is 0 Å². The summed E-state index contributed by atoms with van der Waals surface area (Å²) in [6.45, 7) is 8.03. The van der Waals surface area contributed by atoms with Gasteiger partial charge < -0.3 is 9.47 Å². The number of nitrogens with zero attached hydrogens (tertiary/aromatic N) is 2. The Morgan fingerprint density at radius 1 is 1.35 bits per heavy atom. The molecule has 1 fully saturated rings. The summed E-state index contributed by atoms with van der Waals surface area (Å²) in [7, 11) is -3.78. The number of hydrogen-bond acceptors (Lipinski definition) is 3. The van der Waals surface area contributed by atoms with Crippen LogP contribution in [0.15, 0.2) is 17.2 Å². The van der Waals surface area contributed by atoms with Crippen molar-refractivity contribution >= 4 is 15.9 Å². The van der Waals surface area contributed by atoms with E-state index in [0.717, 1.165) is 0 Å². The molecule has 0 bridgehead atoms. The van der Waals surface area contributed by atoms with Crippen LogP contribution < -0.4 is 5.14 Å². The number of primary sulfonamides is 1. The van der Waals surface area contributed by atoms with Gasteiger partial charge in [0.25, 0.3) is 5.91 Å². The first kappa shape index (κ1) is 15.1. The fourth-order valence-corrected chi connectivity index (χ4v) is 3.09. The number of likely N-dealkylation sites (tertiary alicyclic amines) is 1. The molecule has 1 aromatic rings. The average Bonchev–Trinajstić information content (AvgIpc) is 2.92. The Labute approximate surface area is 119 Å². The van der Waals surface area contributed by atoms with E-state index in [4.69, 9.17) is 5.14 Å². The highest BCUT2D eigenvalue weighted by Gasteiger charge is 2.31. The number of hydrogen-bond donors (Lipinski definition) is 1. The number of sulfonamides is 1. The van der Waals surface area contributed by atoms with Crippen LogP contribution in [0, 0.1) is 11.8 Å². The third-order valence-corrected chi connectivity index (χ3v) is 4.92. The molecular weight excluding hydrogens is 278 g/mol. The fraction of sp³-hybridized carbons (Fsp3) is 0.615. The molecule has 0 radical (unpaired) electrons. The molecule has 0 saturated carbocycles. The molecule has 1 saturated heterocycles. The molecule has 7 heteroatoms. The van der Waals surface area contributed by atoms with E-state index in [1.807, 2.05) is 6.92 Å². The SMILES string of the molecule is CCn1cc(S(N)(=O)=O)cc1C(=O)N1CC(C)C(C)C1. The van der Waals surface area contributed by atoms with Crippen molar-refractivity contribution in [1.82, 2.24) is 9.47 Å². The van der Waals surface area contributed by atoms with Crippen LogP contribution in [0.3, 0.4) is 0 Å². The van der Waals surface area contributed by atoms with Crippen LogP contribution in [0.1, 0.15) is 31.3 Å². The van der Waals surface area contributed by atoms with E-state index >= 15 is 0 Å². The van der Waals surface area contributed by atoms with Crippen LogP contribution in [-0.4, -0.2) is 36.9 Å². The molecule has 2 rings (SSSR count). The van der Waals surface area contributed by atoms with Crippen molar-refractivity contribution in [3.63, 3.8) is 0 Å². The lowest BCUT2D eigenvalue weighted by molar-refractivity contribution is 0.0774. The minimum absolute atomic E-state index is 0.0111. The van der Waals surface area contributed by atoms with Gasteiger partial charge in [0.2, 0.25) is 10.0 Å². The van der Waals surface area contributed by atoms with E-state index in [9.17, 15) is 13.2 Å². The van der Waals surface area contributed by atoms with E-state index in [0.29, 0.717) is 37.2 Å². The number of amides is 1. The molecule has 6 nitrogen and oxygen atoms in total. The molecule has 112 valence electrons. The van der Waals surface area contributed by atoms with Gasteiger partial charge >= 0.3 is 0 Å². The highest BCUT2D eigenvalue weighted by molar-refractivity contribution is 7.89. The third-order valence-electron chi connectivity index (χ3n) is 4.04. The van der Waals surface area contributed by atoms with Gasteiger partial charge in [0.15, 0.2) is 0 Å². The first-order valence-corrected chi connectivity index (χ1v) is 8.31. The first-order chi connectivity index (χ1) is 9.24. The molecule has 0 aliphatic carbocycles. The van der Waals surface area contributed by atoms with Gasteiger partial charge in [-0.15, -0.1) is 0 Å². The topological polar surface area (TPSA) is 85.4 Å². The van der Waals surface area contributed by atoms with Crippen molar-refractivity contribution in [2.45, 2.75) is 32.2 Å². The van der Waals surface area contributed by atoms with E-state index in [-0.39, 0.29) is 10.8 Å². The Morgan fingerprint density at radius 2 is 1.90 bits per heavy atom. The van der Waals surface area contributed by atoms with E-state index in [1.54, 1.807) is 9.47 Å². The second-order valence-electron chi connectivity index (χ2n) is 5.56. The summed E-state index contributed by atoms with van der Waals surface area (Å²) < 4.78 is 24.4. The lowest BCUT2D eigenvalue weighted by atomic mass is 10.0. The van der Waals surface area contributed by atoms with Gasteiger partial charge in [-0.3, -0.25) is 4.79 Å². The summed E-state index contributed by atoms with van der Waals surface area (Å²) in [6.07, 6.45) is 1.42. The summed E-state index contributed by atoms with van der Waals surface area (Å²) in [5, 5.41) is 5.13. The minimum atomic E-state index is -3.78. The maximum absolute atomic E-state index is 12.5. The molecule has 2 N–H and O–H groups in total. The minimum Gasteiger partial charge on any atom is -0.342 e. The predicted octanol–water partition coefficient (Wildman–Crippen LogP) is 0.883. The van der Waals surface area contributed by atoms with Crippen LogP contribution in [0.5, 0.6) is 0 Å². The van der Waals surface area contributed by atoms with Crippen molar-refractivity contribution in [2.24, 2.45) is 17.0 Å². The zero-order valence-electron chi connectivity index (χ0n) is 12.0. The normalized spacial score (nSPS) is 23.3. The largest absolute Gasteiger partial charge is 0.342 e. The van der Waals surface area contributed by atoms with Gasteiger partial charge in [-0.05, 0) is 24.8 Å². The van der Waals surface area contributed by atoms with Gasteiger partial charge in [-0.25, -0.2) is 13.6 Å². The Hall–Kier alpha value is -1.34. The highest BCUT2D eigenvalue weighted by Crippen LogP contribution is 2.24. The number of aromatic nitrogens is 1. The number of aryl methyl sites for hydroxylation is 1. The zero-order chi connectivity index (χ0) is 15.1. The molecule has 0 aromatic carbocycles. The molecule has 1 aliphatic rings. The van der Waals surface area contributed by atoms with Gasteiger partial charge in [0, 0.05) is 25.8 Å². The first-order valence-electron chi connectivity index (χ1n) is 6.76. The van der Waals surface area contributed by atoms with Gasteiger partial charge in [0.1, 0.15) is 10.6 Å². The molecule has 1 aromatic heterocycles. The summed E-state index contributed by atoms with van der Waals surface area (Å²) in [6, 6.07) is 1.37. The lowest BCUT2D eigenvalue weighted by Crippen LogP contribution is -2.30. The van der Waals surface area contributed by atoms with Crippen LogP contribution in [-0.2, 0) is 16.6 Å². The Bertz CT molecular complexity index is 611. The van der Waals surface area contributed by atoms with Crippen molar-refractivity contribution < 1.29 is 13.2 Å². The Morgan fingerprint density at radius 3 is 2.35 bits per heavy atom.